The van der Waals surface area contributed by atoms with Crippen LogP contribution in [-0.2, 0) is 0 Å². The van der Waals surface area contributed by atoms with E-state index in [4.69, 9.17) is 0 Å². The van der Waals surface area contributed by atoms with E-state index in [0.29, 0.717) is 24.2 Å². The Balaban J connectivity index is 3.05. The minimum atomic E-state index is -0.555. The van der Waals surface area contributed by atoms with Gasteiger partial charge in [0.25, 0.3) is 5.91 Å². The lowest BCUT2D eigenvalue weighted by Gasteiger charge is -2.17. The van der Waals surface area contributed by atoms with Crippen molar-refractivity contribution in [2.75, 3.05) is 13.1 Å². The van der Waals surface area contributed by atoms with Crippen molar-refractivity contribution in [3.63, 3.8) is 0 Å². The number of amides is 1. The van der Waals surface area contributed by atoms with Crippen molar-refractivity contribution in [1.29, 1.82) is 0 Å². The smallest absolute Gasteiger partial charge is 0.358 e. The Bertz CT molecular complexity index is 442. The highest BCUT2D eigenvalue weighted by molar-refractivity contribution is 5.94. The van der Waals surface area contributed by atoms with Gasteiger partial charge in [-0.1, -0.05) is 0 Å². The average Bonchev–Trinajstić information content (AvgIpc) is 2.29. The van der Waals surface area contributed by atoms with Crippen LogP contribution in [0.4, 0.5) is 5.82 Å². The van der Waals surface area contributed by atoms with E-state index in [0.717, 1.165) is 0 Å². The number of nitrogens with zero attached hydrogens (tertiary/aromatic N) is 3. The van der Waals surface area contributed by atoms with Crippen molar-refractivity contribution in [3.8, 4) is 0 Å². The van der Waals surface area contributed by atoms with Crippen LogP contribution < -0.4 is 0 Å². The average molecular weight is 237 g/mol. The summed E-state index contributed by atoms with van der Waals surface area (Å²) in [6, 6.07) is 1.51. The van der Waals surface area contributed by atoms with Crippen molar-refractivity contribution >= 4 is 11.7 Å². The zero-order chi connectivity index (χ0) is 13.0. The van der Waals surface area contributed by atoms with E-state index in [-0.39, 0.29) is 11.7 Å². The number of aromatic nitrogens is 1. The van der Waals surface area contributed by atoms with Crippen LogP contribution in [-0.4, -0.2) is 33.8 Å². The van der Waals surface area contributed by atoms with E-state index >= 15 is 0 Å². The zero-order valence-corrected chi connectivity index (χ0v) is 10.1. The summed E-state index contributed by atoms with van der Waals surface area (Å²) in [5.74, 6) is -0.360. The van der Waals surface area contributed by atoms with Gasteiger partial charge in [0.05, 0.1) is 5.56 Å². The van der Waals surface area contributed by atoms with Gasteiger partial charge in [0, 0.05) is 18.7 Å². The molecule has 0 atom stereocenters. The van der Waals surface area contributed by atoms with E-state index in [2.05, 4.69) is 4.98 Å². The lowest BCUT2D eigenvalue weighted by atomic mass is 10.2. The van der Waals surface area contributed by atoms with Crippen LogP contribution in [0.1, 0.15) is 29.8 Å². The van der Waals surface area contributed by atoms with Gasteiger partial charge in [-0.05, 0) is 36.7 Å². The van der Waals surface area contributed by atoms with E-state index < -0.39 is 4.92 Å². The molecule has 1 aromatic rings. The second kappa shape index (κ2) is 5.38. The van der Waals surface area contributed by atoms with E-state index in [1.165, 1.54) is 12.3 Å². The molecular weight excluding hydrogens is 222 g/mol. The van der Waals surface area contributed by atoms with Crippen LogP contribution in [0.25, 0.3) is 0 Å². The summed E-state index contributed by atoms with van der Waals surface area (Å²) < 4.78 is 0. The topological polar surface area (TPSA) is 76.3 Å². The number of carbonyl (C=O) groups is 1. The predicted molar refractivity (Wildman–Crippen MR) is 62.9 cm³/mol. The van der Waals surface area contributed by atoms with E-state index in [1.54, 1.807) is 11.8 Å². The Morgan fingerprint density at radius 2 is 2.06 bits per heavy atom. The molecule has 0 saturated carbocycles. The Hall–Kier alpha value is -1.98. The number of hydrogen-bond donors (Lipinski definition) is 0. The Kier molecular flexibility index (Phi) is 4.14. The zero-order valence-electron chi connectivity index (χ0n) is 10.1. The molecule has 0 aliphatic heterocycles. The van der Waals surface area contributed by atoms with Crippen molar-refractivity contribution in [2.24, 2.45) is 0 Å². The van der Waals surface area contributed by atoms with Gasteiger partial charge in [-0.15, -0.1) is 0 Å². The second-order valence-corrected chi connectivity index (χ2v) is 3.60. The van der Waals surface area contributed by atoms with Gasteiger partial charge < -0.3 is 15.0 Å². The first-order chi connectivity index (χ1) is 8.01. The molecule has 0 aromatic carbocycles. The molecular formula is C11H15N3O3. The number of rotatable bonds is 4. The van der Waals surface area contributed by atoms with Crippen LogP contribution in [0.2, 0.25) is 0 Å². The van der Waals surface area contributed by atoms with Gasteiger partial charge in [-0.25, -0.2) is 0 Å². The highest BCUT2D eigenvalue weighted by Gasteiger charge is 2.18. The minimum absolute atomic E-state index is 0.152. The highest BCUT2D eigenvalue weighted by atomic mass is 16.6. The molecule has 0 unspecified atom stereocenters. The number of pyridine rings is 1. The Morgan fingerprint density at radius 1 is 1.47 bits per heavy atom. The second-order valence-electron chi connectivity index (χ2n) is 3.60. The maximum absolute atomic E-state index is 12.0. The summed E-state index contributed by atoms with van der Waals surface area (Å²) >= 11 is 0. The third-order valence-electron chi connectivity index (χ3n) is 2.52. The SMILES string of the molecule is CCN(CC)C(=O)c1cnc([N+](=O)[O-])c(C)c1. The monoisotopic (exact) mass is 237 g/mol. The molecule has 1 aromatic heterocycles. The normalized spacial score (nSPS) is 10.1. The molecule has 0 bridgehead atoms. The maximum Gasteiger partial charge on any atom is 0.366 e. The molecule has 0 saturated heterocycles. The quantitative estimate of drug-likeness (QED) is 0.590. The number of aryl methyl sites for hydroxylation is 1. The van der Waals surface area contributed by atoms with Crippen LogP contribution >= 0.6 is 0 Å². The summed E-state index contributed by atoms with van der Waals surface area (Å²) in [4.78, 5) is 27.3. The molecule has 1 heterocycles. The first-order valence-corrected chi connectivity index (χ1v) is 5.41. The van der Waals surface area contributed by atoms with Gasteiger partial charge in [-0.3, -0.25) is 4.79 Å². The Labute approximate surface area is 99.4 Å². The largest absolute Gasteiger partial charge is 0.366 e. The molecule has 92 valence electrons. The summed E-state index contributed by atoms with van der Waals surface area (Å²) in [5, 5.41) is 10.6. The third-order valence-corrected chi connectivity index (χ3v) is 2.52. The standard InChI is InChI=1S/C11H15N3O3/c1-4-13(5-2)11(15)9-6-8(3)10(12-7-9)14(16)17/h6-7H,4-5H2,1-3H3. The first-order valence-electron chi connectivity index (χ1n) is 5.41. The van der Waals surface area contributed by atoms with E-state index in [1.807, 2.05) is 13.8 Å². The summed E-state index contributed by atoms with van der Waals surface area (Å²) in [6.07, 6.45) is 1.26. The van der Waals surface area contributed by atoms with Crippen LogP contribution in [0.15, 0.2) is 12.3 Å². The maximum atomic E-state index is 12.0. The van der Waals surface area contributed by atoms with Crippen molar-refractivity contribution in [1.82, 2.24) is 9.88 Å². The third kappa shape index (κ3) is 2.77. The minimum Gasteiger partial charge on any atom is -0.358 e. The summed E-state index contributed by atoms with van der Waals surface area (Å²) in [5.41, 5.74) is 0.782. The molecule has 0 radical (unpaired) electrons. The Morgan fingerprint density at radius 3 is 2.47 bits per heavy atom. The summed E-state index contributed by atoms with van der Waals surface area (Å²) in [6.45, 7) is 6.54. The predicted octanol–water partition coefficient (Wildman–Crippen LogP) is 1.78. The fourth-order valence-corrected chi connectivity index (χ4v) is 1.57. The molecule has 1 amide bonds. The van der Waals surface area contributed by atoms with Crippen molar-refractivity contribution < 1.29 is 9.72 Å². The number of carbonyl (C=O) groups excluding carboxylic acids is 1. The molecule has 0 N–H and O–H groups in total. The molecule has 0 aliphatic carbocycles. The van der Waals surface area contributed by atoms with Crippen LogP contribution in [0.5, 0.6) is 0 Å². The van der Waals surface area contributed by atoms with Crippen molar-refractivity contribution in [2.45, 2.75) is 20.8 Å². The van der Waals surface area contributed by atoms with Gasteiger partial charge >= 0.3 is 5.82 Å². The molecule has 0 fully saturated rings. The molecule has 6 nitrogen and oxygen atoms in total. The fraction of sp³-hybridized carbons (Fsp3) is 0.455. The molecule has 1 rings (SSSR count). The van der Waals surface area contributed by atoms with Gasteiger partial charge in [0.1, 0.15) is 0 Å². The number of hydrogen-bond acceptors (Lipinski definition) is 4. The van der Waals surface area contributed by atoms with Crippen LogP contribution in [0.3, 0.4) is 0 Å². The van der Waals surface area contributed by atoms with E-state index in [9.17, 15) is 14.9 Å². The van der Waals surface area contributed by atoms with Gasteiger partial charge in [0.15, 0.2) is 6.20 Å². The fourth-order valence-electron chi connectivity index (χ4n) is 1.57. The first kappa shape index (κ1) is 13.1. The lowest BCUT2D eigenvalue weighted by Crippen LogP contribution is -2.30. The summed E-state index contributed by atoms with van der Waals surface area (Å²) in [7, 11) is 0. The van der Waals surface area contributed by atoms with Gasteiger partial charge in [0.2, 0.25) is 0 Å². The van der Waals surface area contributed by atoms with Crippen LogP contribution in [0, 0.1) is 17.0 Å². The highest BCUT2D eigenvalue weighted by Crippen LogP contribution is 2.16. The number of nitro groups is 1. The molecule has 0 spiro atoms. The van der Waals surface area contributed by atoms with Gasteiger partial charge in [-0.2, -0.15) is 0 Å². The molecule has 0 aliphatic rings. The molecule has 17 heavy (non-hydrogen) atoms. The van der Waals surface area contributed by atoms with Crippen molar-refractivity contribution in [3.05, 3.63) is 33.5 Å². The lowest BCUT2D eigenvalue weighted by molar-refractivity contribution is -0.390. The molecule has 6 heteroatoms.